The van der Waals surface area contributed by atoms with Gasteiger partial charge in [-0.1, -0.05) is 13.8 Å². The molecule has 8 atom stereocenters. The molecule has 0 unspecified atom stereocenters. The third-order valence-corrected chi connectivity index (χ3v) is 10.4. The summed E-state index contributed by atoms with van der Waals surface area (Å²) in [5.74, 6) is 2.47. The van der Waals surface area contributed by atoms with Crippen molar-refractivity contribution in [2.75, 3.05) is 33.7 Å². The van der Waals surface area contributed by atoms with Crippen LogP contribution in [-0.4, -0.2) is 66.5 Å². The Bertz CT molecular complexity index is 702. The summed E-state index contributed by atoms with van der Waals surface area (Å²) in [5.41, 5.74) is 12.0. The zero-order valence-corrected chi connectivity index (χ0v) is 20.7. The average Bonchev–Trinajstić information content (AvgIpc) is 2.99. The minimum atomic E-state index is -0.572. The highest BCUT2D eigenvalue weighted by atomic mass is 16.3. The van der Waals surface area contributed by atoms with Gasteiger partial charge in [-0.05, 0) is 101 Å². The lowest BCUT2D eigenvalue weighted by molar-refractivity contribution is -0.209. The van der Waals surface area contributed by atoms with Crippen LogP contribution in [0.1, 0.15) is 71.6 Å². The second-order valence-electron chi connectivity index (χ2n) is 12.1. The number of aliphatic hydroxyl groups excluding tert-OH is 1. The van der Waals surface area contributed by atoms with E-state index in [1.54, 1.807) is 0 Å². The Morgan fingerprint density at radius 1 is 1.06 bits per heavy atom. The number of nitrogens with one attached hydrogen (secondary N) is 2. The van der Waals surface area contributed by atoms with Crippen LogP contribution in [-0.2, 0) is 0 Å². The molecule has 0 aliphatic heterocycles. The van der Waals surface area contributed by atoms with Crippen LogP contribution in [0.4, 0.5) is 0 Å². The second-order valence-corrected chi connectivity index (χ2v) is 12.1. The third kappa shape index (κ3) is 4.08. The number of nitrogens with two attached hydrogens (primary N) is 1. The average molecular weight is 450 g/mol. The Hall–Kier alpha value is -0.890. The van der Waals surface area contributed by atoms with Gasteiger partial charge in [-0.15, -0.1) is 0 Å². The largest absolute Gasteiger partial charge is 0.393 e. The summed E-state index contributed by atoms with van der Waals surface area (Å²) in [6, 6.07) is 0. The maximum atomic E-state index is 12.2. The Morgan fingerprint density at radius 3 is 2.59 bits per heavy atom. The fraction of sp³-hybridized carbons (Fsp3) is 0.960. The van der Waals surface area contributed by atoms with Crippen LogP contribution in [0.2, 0.25) is 0 Å². The van der Waals surface area contributed by atoms with Crippen LogP contribution in [0, 0.1) is 34.5 Å². The molecular formula is C25H47N5O2. The smallest absolute Gasteiger partial charge is 0.203 e. The van der Waals surface area contributed by atoms with E-state index in [0.29, 0.717) is 36.2 Å². The molecule has 4 saturated carbocycles. The van der Waals surface area contributed by atoms with E-state index < -0.39 is 5.60 Å². The molecular weight excluding hydrogens is 402 g/mol. The molecule has 32 heavy (non-hydrogen) atoms. The van der Waals surface area contributed by atoms with E-state index in [2.05, 4.69) is 34.6 Å². The van der Waals surface area contributed by atoms with Gasteiger partial charge in [-0.3, -0.25) is 10.4 Å². The highest BCUT2D eigenvalue weighted by molar-refractivity contribution is 5.77. The normalized spacial score (nSPS) is 46.5. The molecule has 0 aromatic carbocycles. The minimum Gasteiger partial charge on any atom is -0.393 e. The maximum Gasteiger partial charge on any atom is 0.203 e. The summed E-state index contributed by atoms with van der Waals surface area (Å²) in [6.07, 6.45) is 9.45. The van der Waals surface area contributed by atoms with Gasteiger partial charge in [0, 0.05) is 18.5 Å². The Labute approximate surface area is 194 Å². The summed E-state index contributed by atoms with van der Waals surface area (Å²) in [4.78, 5) is 6.45. The van der Waals surface area contributed by atoms with Crippen LogP contribution in [0.25, 0.3) is 0 Å². The van der Waals surface area contributed by atoms with Crippen LogP contribution < -0.4 is 16.6 Å². The topological polar surface area (TPSA) is 106 Å². The molecule has 4 rings (SSSR count). The number of hydrogen-bond donors (Lipinski definition) is 5. The fourth-order valence-corrected chi connectivity index (χ4v) is 8.32. The van der Waals surface area contributed by atoms with E-state index >= 15 is 0 Å². The molecule has 0 aromatic heterocycles. The van der Waals surface area contributed by atoms with Crippen molar-refractivity contribution in [3.63, 3.8) is 0 Å². The summed E-state index contributed by atoms with van der Waals surface area (Å²) < 4.78 is 0. The van der Waals surface area contributed by atoms with Crippen LogP contribution in [0.3, 0.4) is 0 Å². The predicted octanol–water partition coefficient (Wildman–Crippen LogP) is 2.09. The molecule has 7 nitrogen and oxygen atoms in total. The van der Waals surface area contributed by atoms with E-state index in [-0.39, 0.29) is 16.9 Å². The molecule has 6 N–H and O–H groups in total. The van der Waals surface area contributed by atoms with Crippen molar-refractivity contribution in [1.29, 1.82) is 0 Å². The molecule has 7 heteroatoms. The predicted molar refractivity (Wildman–Crippen MR) is 129 cm³/mol. The van der Waals surface area contributed by atoms with Gasteiger partial charge in [-0.25, -0.2) is 5.43 Å². The van der Waals surface area contributed by atoms with Crippen molar-refractivity contribution in [3.05, 3.63) is 0 Å². The third-order valence-electron chi connectivity index (χ3n) is 10.4. The van der Waals surface area contributed by atoms with Crippen LogP contribution in [0.15, 0.2) is 4.99 Å². The van der Waals surface area contributed by atoms with Crippen molar-refractivity contribution >= 4 is 5.96 Å². The minimum absolute atomic E-state index is 0.0585. The van der Waals surface area contributed by atoms with Crippen molar-refractivity contribution in [2.45, 2.75) is 83.3 Å². The number of aliphatic imine (C=N–C) groups is 1. The van der Waals surface area contributed by atoms with Gasteiger partial charge < -0.3 is 20.8 Å². The molecule has 4 fully saturated rings. The molecule has 4 aliphatic rings. The SMILES string of the molecule is CN(C)CCN=C(N)NNC[C@H]1CC[C@]2(O)[C@@H]3CC[C@@H]4C[C@@H](O)CC[C@]4(C)[C@H]3CC[C@]12C. The van der Waals surface area contributed by atoms with E-state index in [4.69, 9.17) is 5.73 Å². The first-order chi connectivity index (χ1) is 15.1. The molecule has 0 saturated heterocycles. The monoisotopic (exact) mass is 449 g/mol. The van der Waals surface area contributed by atoms with Gasteiger partial charge >= 0.3 is 0 Å². The van der Waals surface area contributed by atoms with Crippen molar-refractivity contribution in [2.24, 2.45) is 45.2 Å². The molecule has 184 valence electrons. The van der Waals surface area contributed by atoms with Crippen molar-refractivity contribution < 1.29 is 10.2 Å². The van der Waals surface area contributed by atoms with Crippen LogP contribution >= 0.6 is 0 Å². The molecule has 0 radical (unpaired) electrons. The van der Waals surface area contributed by atoms with Gasteiger partial charge in [0.1, 0.15) is 0 Å². The number of likely N-dealkylation sites (N-methyl/N-ethyl adjacent to an activating group) is 1. The first-order valence-corrected chi connectivity index (χ1v) is 12.9. The summed E-state index contributed by atoms with van der Waals surface area (Å²) in [6.45, 7) is 7.16. The molecule has 0 bridgehead atoms. The number of fused-ring (bicyclic) bond motifs is 5. The lowest BCUT2D eigenvalue weighted by Crippen LogP contribution is -2.63. The number of aliphatic hydroxyl groups is 2. The summed E-state index contributed by atoms with van der Waals surface area (Å²) >= 11 is 0. The van der Waals surface area contributed by atoms with Gasteiger partial charge in [0.15, 0.2) is 0 Å². The van der Waals surface area contributed by atoms with Gasteiger partial charge in [0.25, 0.3) is 0 Å². The molecule has 0 spiro atoms. The molecule has 0 aromatic rings. The van der Waals surface area contributed by atoms with Crippen LogP contribution in [0.5, 0.6) is 0 Å². The lowest BCUT2D eigenvalue weighted by Gasteiger charge is -2.63. The van der Waals surface area contributed by atoms with Gasteiger partial charge in [0.2, 0.25) is 5.96 Å². The Kier molecular flexibility index (Phi) is 6.85. The Morgan fingerprint density at radius 2 is 1.84 bits per heavy atom. The van der Waals surface area contributed by atoms with Crippen molar-refractivity contribution in [3.8, 4) is 0 Å². The molecule has 0 amide bonds. The van der Waals surface area contributed by atoms with E-state index in [9.17, 15) is 10.2 Å². The van der Waals surface area contributed by atoms with Crippen molar-refractivity contribution in [1.82, 2.24) is 15.8 Å². The van der Waals surface area contributed by atoms with E-state index in [0.717, 1.165) is 64.5 Å². The maximum absolute atomic E-state index is 12.2. The zero-order chi connectivity index (χ0) is 23.1. The number of rotatable bonds is 6. The first kappa shape index (κ1) is 24.2. The summed E-state index contributed by atoms with van der Waals surface area (Å²) in [7, 11) is 4.05. The number of guanidine groups is 1. The standard InChI is InChI=1S/C25H47N5O2/c1-23-10-8-19(31)15-17(23)5-6-21-20(23)9-11-24(2)18(7-12-25(21,24)32)16-28-29-22(26)27-13-14-30(3)4/h17-21,28,31-32H,5-16H2,1-4H3,(H3,26,27,29)/t17-,18-,19+,20+,21-,23+,24-,25+/m1/s1. The lowest BCUT2D eigenvalue weighted by atomic mass is 9.43. The molecule has 0 heterocycles. The van der Waals surface area contributed by atoms with E-state index in [1.807, 2.05) is 14.1 Å². The number of hydrazine groups is 1. The number of hydrogen-bond acceptors (Lipinski definition) is 5. The molecule has 4 aliphatic carbocycles. The van der Waals surface area contributed by atoms with Gasteiger partial charge in [-0.2, -0.15) is 0 Å². The zero-order valence-electron chi connectivity index (χ0n) is 20.7. The van der Waals surface area contributed by atoms with E-state index in [1.165, 1.54) is 6.42 Å². The van der Waals surface area contributed by atoms with Gasteiger partial charge in [0.05, 0.1) is 18.2 Å². The quantitative estimate of drug-likeness (QED) is 0.242. The fourth-order valence-electron chi connectivity index (χ4n) is 8.32. The highest BCUT2D eigenvalue weighted by Crippen LogP contribution is 2.68. The Balaban J connectivity index is 1.39. The second kappa shape index (κ2) is 9.05. The summed E-state index contributed by atoms with van der Waals surface area (Å²) in [5, 5.41) is 22.5. The highest BCUT2D eigenvalue weighted by Gasteiger charge is 2.66. The first-order valence-electron chi connectivity index (χ1n) is 12.9. The number of nitrogens with zero attached hydrogens (tertiary/aromatic N) is 2.